The van der Waals surface area contributed by atoms with Crippen LogP contribution < -0.4 is 5.32 Å². The SMILES string of the molecule is CC(C)n1cncc1CNc1cccc(C(F)(F)F)c1. The Hall–Kier alpha value is -1.98. The van der Waals surface area contributed by atoms with E-state index in [1.54, 1.807) is 18.6 Å². The third-order valence-corrected chi connectivity index (χ3v) is 2.97. The van der Waals surface area contributed by atoms with Crippen LogP contribution in [0.5, 0.6) is 0 Å². The highest BCUT2D eigenvalue weighted by Gasteiger charge is 2.30. The second-order valence-electron chi connectivity index (χ2n) is 4.82. The third-order valence-electron chi connectivity index (χ3n) is 2.97. The molecule has 0 unspecified atom stereocenters. The van der Waals surface area contributed by atoms with Gasteiger partial charge >= 0.3 is 6.18 Å². The van der Waals surface area contributed by atoms with Crippen molar-refractivity contribution < 1.29 is 13.2 Å². The van der Waals surface area contributed by atoms with Gasteiger partial charge in [0, 0.05) is 17.9 Å². The van der Waals surface area contributed by atoms with Crippen LogP contribution >= 0.6 is 0 Å². The Labute approximate surface area is 115 Å². The first-order chi connectivity index (χ1) is 9.38. The second kappa shape index (κ2) is 5.56. The number of benzene rings is 1. The highest BCUT2D eigenvalue weighted by molar-refractivity contribution is 5.46. The summed E-state index contributed by atoms with van der Waals surface area (Å²) < 4.78 is 39.8. The summed E-state index contributed by atoms with van der Waals surface area (Å²) in [5, 5.41) is 2.99. The highest BCUT2D eigenvalue weighted by atomic mass is 19.4. The lowest BCUT2D eigenvalue weighted by molar-refractivity contribution is -0.137. The van der Waals surface area contributed by atoms with E-state index in [0.717, 1.165) is 17.8 Å². The summed E-state index contributed by atoms with van der Waals surface area (Å²) in [6.45, 7) is 4.48. The lowest BCUT2D eigenvalue weighted by atomic mass is 10.2. The van der Waals surface area contributed by atoms with Crippen LogP contribution in [0.2, 0.25) is 0 Å². The van der Waals surface area contributed by atoms with E-state index in [2.05, 4.69) is 10.3 Å². The number of alkyl halides is 3. The van der Waals surface area contributed by atoms with Crippen molar-refractivity contribution in [2.45, 2.75) is 32.6 Å². The lowest BCUT2D eigenvalue weighted by Gasteiger charge is -2.14. The molecule has 0 aliphatic rings. The molecule has 0 atom stereocenters. The molecule has 0 radical (unpaired) electrons. The summed E-state index contributed by atoms with van der Waals surface area (Å²) >= 11 is 0. The van der Waals surface area contributed by atoms with Crippen molar-refractivity contribution in [3.8, 4) is 0 Å². The van der Waals surface area contributed by atoms with E-state index in [0.29, 0.717) is 12.2 Å². The number of hydrogen-bond acceptors (Lipinski definition) is 2. The molecule has 1 aromatic heterocycles. The van der Waals surface area contributed by atoms with E-state index in [4.69, 9.17) is 0 Å². The predicted octanol–water partition coefficient (Wildman–Crippen LogP) is 4.09. The zero-order chi connectivity index (χ0) is 14.8. The smallest absolute Gasteiger partial charge is 0.379 e. The Morgan fingerprint density at radius 2 is 2.05 bits per heavy atom. The van der Waals surface area contributed by atoms with Crippen LogP contribution in [0.3, 0.4) is 0 Å². The molecule has 2 aromatic rings. The zero-order valence-electron chi connectivity index (χ0n) is 11.3. The molecule has 0 spiro atoms. The summed E-state index contributed by atoms with van der Waals surface area (Å²) in [6.07, 6.45) is -0.897. The van der Waals surface area contributed by atoms with Crippen LogP contribution in [0, 0.1) is 0 Å². The predicted molar refractivity (Wildman–Crippen MR) is 71.4 cm³/mol. The molecule has 1 heterocycles. The van der Waals surface area contributed by atoms with E-state index in [1.165, 1.54) is 6.07 Å². The minimum absolute atomic E-state index is 0.260. The second-order valence-corrected chi connectivity index (χ2v) is 4.82. The van der Waals surface area contributed by atoms with Gasteiger partial charge in [-0.1, -0.05) is 6.07 Å². The Balaban J connectivity index is 2.09. The van der Waals surface area contributed by atoms with Crippen molar-refractivity contribution in [1.29, 1.82) is 0 Å². The first-order valence-electron chi connectivity index (χ1n) is 6.30. The monoisotopic (exact) mass is 283 g/mol. The fraction of sp³-hybridized carbons (Fsp3) is 0.357. The van der Waals surface area contributed by atoms with Gasteiger partial charge in [0.25, 0.3) is 0 Å². The maximum atomic E-state index is 12.6. The average molecular weight is 283 g/mol. The molecule has 108 valence electrons. The molecule has 2 rings (SSSR count). The first-order valence-corrected chi connectivity index (χ1v) is 6.30. The van der Waals surface area contributed by atoms with E-state index in [9.17, 15) is 13.2 Å². The molecule has 20 heavy (non-hydrogen) atoms. The molecule has 0 bridgehead atoms. The van der Waals surface area contributed by atoms with Crippen molar-refractivity contribution in [3.05, 3.63) is 48.0 Å². The van der Waals surface area contributed by atoms with Crippen molar-refractivity contribution in [3.63, 3.8) is 0 Å². The standard InChI is InChI=1S/C14H16F3N3/c1-10(2)20-9-18-7-13(20)8-19-12-5-3-4-11(6-12)14(15,16)17/h3-7,9-10,19H,8H2,1-2H3. The van der Waals surface area contributed by atoms with Gasteiger partial charge < -0.3 is 9.88 Å². The summed E-state index contributed by atoms with van der Waals surface area (Å²) in [5.74, 6) is 0. The number of hydrogen-bond donors (Lipinski definition) is 1. The maximum Gasteiger partial charge on any atom is 0.416 e. The van der Waals surface area contributed by atoms with Crippen LogP contribution in [0.1, 0.15) is 31.1 Å². The normalized spacial score (nSPS) is 11.9. The average Bonchev–Trinajstić information content (AvgIpc) is 2.84. The van der Waals surface area contributed by atoms with Crippen LogP contribution in [0.15, 0.2) is 36.8 Å². The van der Waals surface area contributed by atoms with E-state index < -0.39 is 11.7 Å². The quantitative estimate of drug-likeness (QED) is 0.915. The van der Waals surface area contributed by atoms with Gasteiger partial charge in [-0.05, 0) is 32.0 Å². The van der Waals surface area contributed by atoms with Crippen LogP contribution in [0.25, 0.3) is 0 Å². The molecule has 0 aliphatic carbocycles. The van der Waals surface area contributed by atoms with Gasteiger partial charge in [0.15, 0.2) is 0 Å². The van der Waals surface area contributed by atoms with Gasteiger partial charge in [-0.3, -0.25) is 0 Å². The Kier molecular flexibility index (Phi) is 4.01. The minimum atomic E-state index is -4.32. The van der Waals surface area contributed by atoms with Gasteiger partial charge in [0.1, 0.15) is 0 Å². The molecule has 0 aliphatic heterocycles. The van der Waals surface area contributed by atoms with E-state index in [-0.39, 0.29) is 6.04 Å². The van der Waals surface area contributed by atoms with Gasteiger partial charge in [0.2, 0.25) is 0 Å². The van der Waals surface area contributed by atoms with E-state index in [1.807, 2.05) is 18.4 Å². The Bertz CT molecular complexity index is 573. The highest BCUT2D eigenvalue weighted by Crippen LogP contribution is 2.30. The number of imidazole rings is 1. The molecule has 6 heteroatoms. The topological polar surface area (TPSA) is 29.9 Å². The third kappa shape index (κ3) is 3.31. The molecular weight excluding hydrogens is 267 g/mol. The zero-order valence-corrected chi connectivity index (χ0v) is 11.3. The number of nitrogens with one attached hydrogen (secondary N) is 1. The molecule has 1 N–H and O–H groups in total. The lowest BCUT2D eigenvalue weighted by Crippen LogP contribution is -2.10. The molecule has 0 saturated heterocycles. The number of halogens is 3. The Morgan fingerprint density at radius 1 is 1.30 bits per heavy atom. The maximum absolute atomic E-state index is 12.6. The fourth-order valence-corrected chi connectivity index (χ4v) is 1.93. The molecule has 3 nitrogen and oxygen atoms in total. The van der Waals surface area contributed by atoms with Crippen molar-refractivity contribution in [1.82, 2.24) is 9.55 Å². The van der Waals surface area contributed by atoms with Crippen LogP contribution in [-0.2, 0) is 12.7 Å². The number of rotatable bonds is 4. The van der Waals surface area contributed by atoms with Crippen molar-refractivity contribution in [2.24, 2.45) is 0 Å². The van der Waals surface area contributed by atoms with Crippen molar-refractivity contribution in [2.75, 3.05) is 5.32 Å². The number of nitrogens with zero attached hydrogens (tertiary/aromatic N) is 2. The molecule has 0 fully saturated rings. The summed E-state index contributed by atoms with van der Waals surface area (Å²) in [6, 6.07) is 5.44. The van der Waals surface area contributed by atoms with Crippen LogP contribution in [0.4, 0.5) is 18.9 Å². The summed E-state index contributed by atoms with van der Waals surface area (Å²) in [5.41, 5.74) is 0.716. The Morgan fingerprint density at radius 3 is 2.70 bits per heavy atom. The van der Waals surface area contributed by atoms with E-state index >= 15 is 0 Å². The number of anilines is 1. The number of aromatic nitrogens is 2. The largest absolute Gasteiger partial charge is 0.416 e. The van der Waals surface area contributed by atoms with Gasteiger partial charge in [-0.2, -0.15) is 13.2 Å². The summed E-state index contributed by atoms with van der Waals surface area (Å²) in [4.78, 5) is 4.06. The van der Waals surface area contributed by atoms with Gasteiger partial charge in [0.05, 0.1) is 24.1 Å². The molecule has 0 saturated carbocycles. The first kappa shape index (κ1) is 14.4. The van der Waals surface area contributed by atoms with Gasteiger partial charge in [-0.15, -0.1) is 0 Å². The molecule has 1 aromatic carbocycles. The molecular formula is C14H16F3N3. The molecule has 0 amide bonds. The van der Waals surface area contributed by atoms with Crippen LogP contribution in [-0.4, -0.2) is 9.55 Å². The minimum Gasteiger partial charge on any atom is -0.379 e. The fourth-order valence-electron chi connectivity index (χ4n) is 1.93. The van der Waals surface area contributed by atoms with Gasteiger partial charge in [-0.25, -0.2) is 4.98 Å². The summed E-state index contributed by atoms with van der Waals surface area (Å²) in [7, 11) is 0. The van der Waals surface area contributed by atoms with Crippen molar-refractivity contribution >= 4 is 5.69 Å².